The summed E-state index contributed by atoms with van der Waals surface area (Å²) >= 11 is 0. The van der Waals surface area contributed by atoms with E-state index in [4.69, 9.17) is 9.29 Å². The van der Waals surface area contributed by atoms with Crippen LogP contribution in [0.5, 0.6) is 5.75 Å². The summed E-state index contributed by atoms with van der Waals surface area (Å²) in [4.78, 5) is 0. The van der Waals surface area contributed by atoms with Gasteiger partial charge in [-0.2, -0.15) is 16.8 Å². The Hall–Kier alpha value is -1.20. The molecule has 2 atom stereocenters. The molecule has 26 heavy (non-hydrogen) atoms. The van der Waals surface area contributed by atoms with E-state index in [0.29, 0.717) is 6.42 Å². The second-order valence-electron chi connectivity index (χ2n) is 5.93. The minimum Gasteiger partial charge on any atom is -0.469 e. The fourth-order valence-electron chi connectivity index (χ4n) is 2.47. The summed E-state index contributed by atoms with van der Waals surface area (Å²) < 4.78 is 73.8. The lowest BCUT2D eigenvalue weighted by Gasteiger charge is -2.24. The zero-order chi connectivity index (χ0) is 19.6. The molecule has 0 bridgehead atoms. The van der Waals surface area contributed by atoms with Gasteiger partial charge in [0.2, 0.25) is 0 Å². The van der Waals surface area contributed by atoms with Crippen LogP contribution in [-0.2, 0) is 24.7 Å². The largest absolute Gasteiger partial charge is 0.469 e. The smallest absolute Gasteiger partial charge is 0.397 e. The van der Waals surface area contributed by atoms with E-state index in [2.05, 4.69) is 11.1 Å². The topological polar surface area (TPSA) is 127 Å². The van der Waals surface area contributed by atoms with Gasteiger partial charge in [0.1, 0.15) is 11.9 Å². The summed E-state index contributed by atoms with van der Waals surface area (Å²) in [7, 11) is -9.74. The van der Waals surface area contributed by atoms with Crippen LogP contribution in [0.1, 0.15) is 51.9 Å². The Morgan fingerprint density at radius 3 is 2.04 bits per heavy atom. The summed E-state index contributed by atoms with van der Waals surface area (Å²) in [5.41, 5.74) is -1.98. The highest BCUT2D eigenvalue weighted by Gasteiger charge is 2.37. The number of benzene rings is 1. The fourth-order valence-corrected chi connectivity index (χ4v) is 3.86. The highest BCUT2D eigenvalue weighted by molar-refractivity contribution is 7.86. The summed E-state index contributed by atoms with van der Waals surface area (Å²) in [6.45, 7) is 2.08. The van der Waals surface area contributed by atoms with Gasteiger partial charge in [-0.15, -0.1) is 0 Å². The average Bonchev–Trinajstić information content (AvgIpc) is 2.53. The lowest BCUT2D eigenvalue weighted by atomic mass is 10.1. The van der Waals surface area contributed by atoms with Gasteiger partial charge in [0.15, 0.2) is 0 Å². The maximum Gasteiger partial charge on any atom is 0.397 e. The van der Waals surface area contributed by atoms with Crippen LogP contribution in [0.2, 0.25) is 0 Å². The van der Waals surface area contributed by atoms with Gasteiger partial charge < -0.3 is 4.74 Å². The van der Waals surface area contributed by atoms with Crippen LogP contribution in [0.3, 0.4) is 0 Å². The van der Waals surface area contributed by atoms with Crippen molar-refractivity contribution in [2.24, 2.45) is 0 Å². The molecule has 0 aliphatic rings. The SMILES string of the molecule is CCCCCCCCC(OS(=O)(=O)O)C(Oc1ccccc1)S(=O)(=O)O. The molecule has 0 saturated carbocycles. The first kappa shape index (κ1) is 22.8. The molecule has 0 fully saturated rings. The summed E-state index contributed by atoms with van der Waals surface area (Å²) in [6.07, 6.45) is 3.66. The van der Waals surface area contributed by atoms with Crippen LogP contribution in [0.25, 0.3) is 0 Å². The standard InChI is InChI=1S/C16H26O8S2/c1-2-3-4-5-6-10-13-15(24-26(20,21)22)16(25(17,18)19)23-14-11-8-7-9-12-14/h7-9,11-12,15-16H,2-6,10,13H2,1H3,(H,17,18,19)(H,20,21,22). The molecule has 0 heterocycles. The lowest BCUT2D eigenvalue weighted by Crippen LogP contribution is -2.41. The predicted molar refractivity (Wildman–Crippen MR) is 96.8 cm³/mol. The molecule has 0 aromatic heterocycles. The molecular formula is C16H26O8S2. The van der Waals surface area contributed by atoms with E-state index < -0.39 is 32.1 Å². The van der Waals surface area contributed by atoms with E-state index >= 15 is 0 Å². The molecule has 2 N–H and O–H groups in total. The molecule has 1 aromatic rings. The summed E-state index contributed by atoms with van der Waals surface area (Å²) in [5.74, 6) is 0.113. The van der Waals surface area contributed by atoms with E-state index in [1.807, 2.05) is 0 Å². The monoisotopic (exact) mass is 410 g/mol. The molecule has 10 heteroatoms. The van der Waals surface area contributed by atoms with Crippen molar-refractivity contribution in [3.63, 3.8) is 0 Å². The van der Waals surface area contributed by atoms with Gasteiger partial charge in [-0.05, 0) is 18.6 Å². The number of unbranched alkanes of at least 4 members (excludes halogenated alkanes) is 5. The molecule has 0 saturated heterocycles. The van der Waals surface area contributed by atoms with Crippen molar-refractivity contribution in [2.75, 3.05) is 0 Å². The lowest BCUT2D eigenvalue weighted by molar-refractivity contribution is 0.0815. The van der Waals surface area contributed by atoms with Gasteiger partial charge in [-0.3, -0.25) is 9.11 Å². The molecular weight excluding hydrogens is 384 g/mol. The van der Waals surface area contributed by atoms with Crippen molar-refractivity contribution in [1.29, 1.82) is 0 Å². The van der Waals surface area contributed by atoms with Crippen molar-refractivity contribution in [1.82, 2.24) is 0 Å². The maximum absolute atomic E-state index is 11.7. The Labute approximate surface area is 155 Å². The third kappa shape index (κ3) is 9.48. The zero-order valence-electron chi connectivity index (χ0n) is 14.7. The van der Waals surface area contributed by atoms with Crippen LogP contribution in [0.15, 0.2) is 30.3 Å². The average molecular weight is 411 g/mol. The first-order valence-corrected chi connectivity index (χ1v) is 11.3. The Balaban J connectivity index is 2.87. The molecule has 1 aromatic carbocycles. The highest BCUT2D eigenvalue weighted by atomic mass is 32.3. The van der Waals surface area contributed by atoms with E-state index in [0.717, 1.165) is 32.1 Å². The Kier molecular flexibility index (Phi) is 9.51. The highest BCUT2D eigenvalue weighted by Crippen LogP contribution is 2.22. The minimum atomic E-state index is -4.93. The third-order valence-corrected chi connectivity index (χ3v) is 5.16. The molecule has 1 rings (SSSR count). The Morgan fingerprint density at radius 2 is 1.50 bits per heavy atom. The summed E-state index contributed by atoms with van der Waals surface area (Å²) in [5, 5.41) is 0. The molecule has 150 valence electrons. The maximum atomic E-state index is 11.7. The molecule has 0 spiro atoms. The molecule has 0 aliphatic heterocycles. The number of hydrogen-bond donors (Lipinski definition) is 2. The van der Waals surface area contributed by atoms with Crippen LogP contribution in [-0.4, -0.2) is 37.5 Å². The second-order valence-corrected chi connectivity index (χ2v) is 8.48. The van der Waals surface area contributed by atoms with Crippen LogP contribution in [0, 0.1) is 0 Å². The molecule has 8 nitrogen and oxygen atoms in total. The number of hydrogen-bond acceptors (Lipinski definition) is 6. The predicted octanol–water partition coefficient (Wildman–Crippen LogP) is 3.22. The quantitative estimate of drug-likeness (QED) is 0.375. The van der Waals surface area contributed by atoms with Gasteiger partial charge in [0, 0.05) is 0 Å². The van der Waals surface area contributed by atoms with Gasteiger partial charge in [0.25, 0.3) is 5.44 Å². The first-order valence-electron chi connectivity index (χ1n) is 8.47. The molecule has 2 unspecified atom stereocenters. The fraction of sp³-hybridized carbons (Fsp3) is 0.625. The minimum absolute atomic E-state index is 0.0246. The molecule has 0 amide bonds. The number of ether oxygens (including phenoxy) is 1. The van der Waals surface area contributed by atoms with E-state index in [-0.39, 0.29) is 12.2 Å². The number of rotatable bonds is 13. The van der Waals surface area contributed by atoms with Crippen LogP contribution in [0.4, 0.5) is 0 Å². The van der Waals surface area contributed by atoms with Crippen molar-refractivity contribution < 1.29 is 34.9 Å². The van der Waals surface area contributed by atoms with Crippen LogP contribution >= 0.6 is 0 Å². The first-order chi connectivity index (χ1) is 12.1. The summed E-state index contributed by atoms with van der Waals surface area (Å²) in [6, 6.07) is 7.75. The van der Waals surface area contributed by atoms with E-state index in [1.165, 1.54) is 12.1 Å². The second kappa shape index (κ2) is 10.8. The third-order valence-electron chi connectivity index (χ3n) is 3.68. The van der Waals surface area contributed by atoms with Crippen molar-refractivity contribution in [3.8, 4) is 5.75 Å². The van der Waals surface area contributed by atoms with Crippen molar-refractivity contribution >= 4 is 20.5 Å². The van der Waals surface area contributed by atoms with Gasteiger partial charge in [-0.25, -0.2) is 4.18 Å². The zero-order valence-corrected chi connectivity index (χ0v) is 16.3. The Bertz CT molecular complexity index is 716. The molecule has 0 aliphatic carbocycles. The molecule has 0 radical (unpaired) electrons. The van der Waals surface area contributed by atoms with E-state index in [9.17, 15) is 21.4 Å². The van der Waals surface area contributed by atoms with Gasteiger partial charge >= 0.3 is 20.5 Å². The van der Waals surface area contributed by atoms with E-state index in [1.54, 1.807) is 18.2 Å². The van der Waals surface area contributed by atoms with Crippen LogP contribution < -0.4 is 4.74 Å². The van der Waals surface area contributed by atoms with Gasteiger partial charge in [0.05, 0.1) is 0 Å². The van der Waals surface area contributed by atoms with Crippen molar-refractivity contribution in [2.45, 2.75) is 63.4 Å². The Morgan fingerprint density at radius 1 is 0.923 bits per heavy atom. The van der Waals surface area contributed by atoms with Crippen molar-refractivity contribution in [3.05, 3.63) is 30.3 Å². The van der Waals surface area contributed by atoms with Gasteiger partial charge in [-0.1, -0.05) is 63.6 Å². The normalized spacial score (nSPS) is 14.7. The number of para-hydroxylation sites is 1.